The Morgan fingerprint density at radius 3 is 2.47 bits per heavy atom. The summed E-state index contributed by atoms with van der Waals surface area (Å²) in [6.45, 7) is 2.36. The fourth-order valence-electron chi connectivity index (χ4n) is 3.43. The van der Waals surface area contributed by atoms with Crippen molar-refractivity contribution in [3.8, 4) is 17.2 Å². The van der Waals surface area contributed by atoms with E-state index in [0.29, 0.717) is 23.0 Å². The number of hydrogen-bond donors (Lipinski definition) is 1. The van der Waals surface area contributed by atoms with Gasteiger partial charge in [-0.05, 0) is 43.3 Å². The minimum atomic E-state index is -0.201. The van der Waals surface area contributed by atoms with Crippen LogP contribution < -0.4 is 19.5 Å². The molecule has 7 nitrogen and oxygen atoms in total. The van der Waals surface area contributed by atoms with E-state index in [9.17, 15) is 4.79 Å². The van der Waals surface area contributed by atoms with E-state index in [1.807, 2.05) is 60.0 Å². The number of ether oxygens (including phenoxy) is 3. The molecule has 4 aromatic rings. The Morgan fingerprint density at radius 2 is 1.72 bits per heavy atom. The van der Waals surface area contributed by atoms with Crippen molar-refractivity contribution in [1.29, 1.82) is 0 Å². The summed E-state index contributed by atoms with van der Waals surface area (Å²) in [4.78, 5) is 17.6. The topological polar surface area (TPSA) is 74.6 Å². The largest absolute Gasteiger partial charge is 0.497 e. The van der Waals surface area contributed by atoms with Crippen molar-refractivity contribution in [2.45, 2.75) is 20.1 Å². The van der Waals surface area contributed by atoms with E-state index >= 15 is 0 Å². The molecule has 0 bridgehead atoms. The minimum Gasteiger partial charge on any atom is -0.497 e. The third-order valence-corrected chi connectivity index (χ3v) is 5.11. The van der Waals surface area contributed by atoms with Crippen molar-refractivity contribution < 1.29 is 19.0 Å². The molecule has 4 rings (SSSR count). The van der Waals surface area contributed by atoms with E-state index < -0.39 is 0 Å². The van der Waals surface area contributed by atoms with Crippen molar-refractivity contribution in [2.75, 3.05) is 19.5 Å². The first kappa shape index (κ1) is 21.2. The van der Waals surface area contributed by atoms with E-state index in [0.717, 1.165) is 22.3 Å². The Labute approximate surface area is 186 Å². The summed E-state index contributed by atoms with van der Waals surface area (Å²) in [7, 11) is 3.13. The number of imidazole rings is 1. The van der Waals surface area contributed by atoms with Gasteiger partial charge in [0, 0.05) is 6.07 Å². The maximum absolute atomic E-state index is 12.9. The second kappa shape index (κ2) is 9.43. The number of carbonyl (C=O) groups excluding carboxylic acids is 1. The molecule has 0 aliphatic rings. The van der Waals surface area contributed by atoms with Gasteiger partial charge in [-0.25, -0.2) is 4.98 Å². The number of para-hydroxylation sites is 2. The zero-order valence-electron chi connectivity index (χ0n) is 18.3. The molecule has 0 saturated carbocycles. The summed E-state index contributed by atoms with van der Waals surface area (Å²) in [6.07, 6.45) is 0. The van der Waals surface area contributed by atoms with Gasteiger partial charge >= 0.3 is 0 Å². The van der Waals surface area contributed by atoms with Gasteiger partial charge < -0.3 is 24.1 Å². The lowest BCUT2D eigenvalue weighted by Gasteiger charge is -2.13. The van der Waals surface area contributed by atoms with Gasteiger partial charge in [-0.1, -0.05) is 29.8 Å². The Kier molecular flexibility index (Phi) is 6.26. The van der Waals surface area contributed by atoms with Crippen molar-refractivity contribution in [3.05, 3.63) is 78.1 Å². The number of carbonyl (C=O) groups is 1. The molecular weight excluding hydrogens is 406 g/mol. The number of fused-ring (bicyclic) bond motifs is 1. The Bertz CT molecular complexity index is 1230. The number of nitrogens with zero attached hydrogens (tertiary/aromatic N) is 2. The predicted octanol–water partition coefficient (Wildman–Crippen LogP) is 4.58. The quantitative estimate of drug-likeness (QED) is 0.442. The number of benzene rings is 3. The first-order valence-corrected chi connectivity index (χ1v) is 10.2. The summed E-state index contributed by atoms with van der Waals surface area (Å²) in [5.74, 6) is 2.39. The second-order valence-corrected chi connectivity index (χ2v) is 7.32. The lowest BCUT2D eigenvalue weighted by atomic mass is 10.2. The standard InChI is InChI=1S/C25H25N3O4/c1-17-8-10-18(11-9-17)32-16-24-26-20-6-4-5-7-22(20)28(24)15-25(29)27-21-13-12-19(30-2)14-23(21)31-3/h4-14H,15-16H2,1-3H3,(H,27,29). The van der Waals surface area contributed by atoms with Crippen LogP contribution in [-0.2, 0) is 17.9 Å². The van der Waals surface area contributed by atoms with Crippen LogP contribution in [0.3, 0.4) is 0 Å². The van der Waals surface area contributed by atoms with Crippen LogP contribution in [0.4, 0.5) is 5.69 Å². The first-order chi connectivity index (χ1) is 15.6. The van der Waals surface area contributed by atoms with Crippen LogP contribution in [0.5, 0.6) is 17.2 Å². The lowest BCUT2D eigenvalue weighted by molar-refractivity contribution is -0.116. The van der Waals surface area contributed by atoms with Gasteiger partial charge in [0.15, 0.2) is 0 Å². The van der Waals surface area contributed by atoms with Gasteiger partial charge in [0.25, 0.3) is 0 Å². The summed E-state index contributed by atoms with van der Waals surface area (Å²) in [6, 6.07) is 20.8. The molecule has 164 valence electrons. The van der Waals surface area contributed by atoms with Crippen molar-refractivity contribution >= 4 is 22.6 Å². The van der Waals surface area contributed by atoms with Gasteiger partial charge in [-0.15, -0.1) is 0 Å². The van der Waals surface area contributed by atoms with Gasteiger partial charge in [-0.2, -0.15) is 0 Å². The molecule has 1 aromatic heterocycles. The molecule has 0 spiro atoms. The second-order valence-electron chi connectivity index (χ2n) is 7.32. The SMILES string of the molecule is COc1ccc(NC(=O)Cn2c(COc3ccc(C)cc3)nc3ccccc32)c(OC)c1. The number of nitrogens with one attached hydrogen (secondary N) is 1. The number of hydrogen-bond acceptors (Lipinski definition) is 5. The number of amides is 1. The Hall–Kier alpha value is -4.00. The summed E-state index contributed by atoms with van der Waals surface area (Å²) in [5.41, 5.74) is 3.41. The number of methoxy groups -OCH3 is 2. The van der Waals surface area contributed by atoms with Gasteiger partial charge in [-0.3, -0.25) is 4.79 Å². The fraction of sp³-hybridized carbons (Fsp3) is 0.200. The van der Waals surface area contributed by atoms with Crippen LogP contribution in [0.1, 0.15) is 11.4 Å². The van der Waals surface area contributed by atoms with Crippen LogP contribution >= 0.6 is 0 Å². The monoisotopic (exact) mass is 431 g/mol. The Balaban J connectivity index is 1.55. The molecule has 1 N–H and O–H groups in total. The zero-order chi connectivity index (χ0) is 22.5. The van der Waals surface area contributed by atoms with Crippen LogP contribution in [-0.4, -0.2) is 29.7 Å². The highest BCUT2D eigenvalue weighted by atomic mass is 16.5. The molecule has 0 aliphatic heterocycles. The first-order valence-electron chi connectivity index (χ1n) is 10.2. The molecule has 0 aliphatic carbocycles. The molecule has 0 unspecified atom stereocenters. The summed E-state index contributed by atoms with van der Waals surface area (Å²) < 4.78 is 18.4. The highest BCUT2D eigenvalue weighted by molar-refractivity contribution is 5.93. The fourth-order valence-corrected chi connectivity index (χ4v) is 3.43. The minimum absolute atomic E-state index is 0.0856. The lowest BCUT2D eigenvalue weighted by Crippen LogP contribution is -2.21. The normalized spacial score (nSPS) is 10.7. The van der Waals surface area contributed by atoms with Crippen LogP contribution in [0.2, 0.25) is 0 Å². The zero-order valence-corrected chi connectivity index (χ0v) is 18.3. The molecule has 3 aromatic carbocycles. The molecule has 0 fully saturated rings. The van der Waals surface area contributed by atoms with E-state index in [1.165, 1.54) is 0 Å². The van der Waals surface area contributed by atoms with Crippen LogP contribution in [0, 0.1) is 6.92 Å². The smallest absolute Gasteiger partial charge is 0.244 e. The molecular formula is C25H25N3O4. The van der Waals surface area contributed by atoms with E-state index in [1.54, 1.807) is 32.4 Å². The maximum atomic E-state index is 12.9. The third kappa shape index (κ3) is 4.67. The van der Waals surface area contributed by atoms with E-state index in [4.69, 9.17) is 14.2 Å². The molecule has 0 atom stereocenters. The number of aromatic nitrogens is 2. The number of rotatable bonds is 8. The molecule has 1 amide bonds. The van der Waals surface area contributed by atoms with Crippen LogP contribution in [0.25, 0.3) is 11.0 Å². The van der Waals surface area contributed by atoms with Crippen molar-refractivity contribution in [1.82, 2.24) is 9.55 Å². The van der Waals surface area contributed by atoms with Gasteiger partial charge in [0.2, 0.25) is 5.91 Å². The molecule has 0 radical (unpaired) electrons. The van der Waals surface area contributed by atoms with E-state index in [2.05, 4.69) is 10.3 Å². The Morgan fingerprint density at radius 1 is 0.969 bits per heavy atom. The average molecular weight is 431 g/mol. The molecule has 32 heavy (non-hydrogen) atoms. The van der Waals surface area contributed by atoms with E-state index in [-0.39, 0.29) is 19.1 Å². The van der Waals surface area contributed by atoms with Gasteiger partial charge in [0.1, 0.15) is 36.2 Å². The number of anilines is 1. The highest BCUT2D eigenvalue weighted by Gasteiger charge is 2.16. The third-order valence-electron chi connectivity index (χ3n) is 5.11. The number of aryl methyl sites for hydroxylation is 1. The average Bonchev–Trinajstić information content (AvgIpc) is 3.16. The van der Waals surface area contributed by atoms with Crippen molar-refractivity contribution in [2.24, 2.45) is 0 Å². The molecule has 7 heteroatoms. The summed E-state index contributed by atoms with van der Waals surface area (Å²) >= 11 is 0. The molecule has 0 saturated heterocycles. The summed E-state index contributed by atoms with van der Waals surface area (Å²) in [5, 5.41) is 2.91. The van der Waals surface area contributed by atoms with Crippen LogP contribution in [0.15, 0.2) is 66.7 Å². The molecule has 1 heterocycles. The predicted molar refractivity (Wildman–Crippen MR) is 123 cm³/mol. The van der Waals surface area contributed by atoms with Gasteiger partial charge in [0.05, 0.1) is 30.9 Å². The van der Waals surface area contributed by atoms with Crippen molar-refractivity contribution in [3.63, 3.8) is 0 Å². The highest BCUT2D eigenvalue weighted by Crippen LogP contribution is 2.29. The maximum Gasteiger partial charge on any atom is 0.244 e.